The number of aliphatic hydroxyl groups is 1. The number of sulfone groups is 1. The van der Waals surface area contributed by atoms with Crippen molar-refractivity contribution >= 4 is 38.9 Å². The zero-order chi connectivity index (χ0) is 14.2. The highest BCUT2D eigenvalue weighted by Crippen LogP contribution is 2.30. The monoisotopic (exact) mass is 339 g/mol. The molecular formula is C12H15Cl2NO4S. The van der Waals surface area contributed by atoms with Crippen LogP contribution in [0.25, 0.3) is 0 Å². The molecule has 112 valence electrons. The lowest BCUT2D eigenvalue weighted by Crippen LogP contribution is -2.14. The van der Waals surface area contributed by atoms with Crippen LogP contribution in [-0.4, -0.2) is 36.7 Å². The number of halogens is 2. The van der Waals surface area contributed by atoms with Gasteiger partial charge in [-0.1, -0.05) is 42.8 Å². The Balaban J connectivity index is 0.00000200. The Hall–Kier alpha value is -0.820. The van der Waals surface area contributed by atoms with Gasteiger partial charge in [0.1, 0.15) is 0 Å². The first-order valence-electron chi connectivity index (χ1n) is 5.29. The summed E-state index contributed by atoms with van der Waals surface area (Å²) < 4.78 is 28.0. The highest BCUT2D eigenvalue weighted by Gasteiger charge is 2.33. The molecule has 1 N–H and O–H groups in total. The maximum atomic E-state index is 11.3. The van der Waals surface area contributed by atoms with E-state index in [-0.39, 0.29) is 18.2 Å². The van der Waals surface area contributed by atoms with E-state index in [9.17, 15) is 13.5 Å². The molecule has 0 aliphatic carbocycles. The van der Waals surface area contributed by atoms with E-state index in [2.05, 4.69) is 4.99 Å². The Labute approximate surface area is 128 Å². The van der Waals surface area contributed by atoms with E-state index in [1.165, 1.54) is 12.1 Å². The molecule has 5 nitrogen and oxygen atoms in total. The molecule has 0 bridgehead atoms. The predicted molar refractivity (Wildman–Crippen MR) is 79.0 cm³/mol. The molecule has 0 amide bonds. The number of benzene rings is 1. The van der Waals surface area contributed by atoms with Crippen molar-refractivity contribution < 1.29 is 18.3 Å². The summed E-state index contributed by atoms with van der Waals surface area (Å²) in [4.78, 5) is 3.03. The minimum atomic E-state index is -3.26. The third kappa shape index (κ3) is 3.63. The molecule has 1 aromatic rings. The molecule has 1 aliphatic rings. The fourth-order valence-corrected chi connectivity index (χ4v) is 2.52. The molecule has 20 heavy (non-hydrogen) atoms. The topological polar surface area (TPSA) is 76.0 Å². The summed E-state index contributed by atoms with van der Waals surface area (Å²) in [5.74, 6) is 0.0491. The molecule has 0 saturated heterocycles. The molecule has 0 radical (unpaired) electrons. The van der Waals surface area contributed by atoms with Gasteiger partial charge in [-0.05, 0) is 17.7 Å². The summed E-state index contributed by atoms with van der Waals surface area (Å²) in [5, 5.41) is 9.74. The Bertz CT molecular complexity index is 598. The number of rotatable bonds is 3. The standard InChI is InChI=1S/C11H11Cl2NO4S.CH4/c1-19(16,17)7-4-2-6(3-5-7)8-10(15)14-11(18-8)9(12)13;/h2-5,8-10,15H,1H3;1H4/t8-,10-;/m1./s1. The highest BCUT2D eigenvalue weighted by molar-refractivity contribution is 7.90. The predicted octanol–water partition coefficient (Wildman–Crippen LogP) is 2.32. The molecule has 1 aromatic carbocycles. The van der Waals surface area contributed by atoms with Gasteiger partial charge in [0.2, 0.25) is 5.90 Å². The second kappa shape index (κ2) is 6.30. The Morgan fingerprint density at radius 3 is 2.25 bits per heavy atom. The first-order valence-corrected chi connectivity index (χ1v) is 8.06. The van der Waals surface area contributed by atoms with Crippen LogP contribution < -0.4 is 0 Å². The third-order valence-electron chi connectivity index (χ3n) is 2.60. The normalized spacial score (nSPS) is 22.1. The highest BCUT2D eigenvalue weighted by atomic mass is 35.5. The van der Waals surface area contributed by atoms with Crippen LogP contribution in [0, 0.1) is 0 Å². The van der Waals surface area contributed by atoms with Crippen LogP contribution >= 0.6 is 23.2 Å². The fraction of sp³-hybridized carbons (Fsp3) is 0.417. The molecule has 0 saturated carbocycles. The number of aliphatic hydroxyl groups excluding tert-OH is 1. The van der Waals surface area contributed by atoms with Crippen molar-refractivity contribution in [2.45, 2.75) is 29.5 Å². The van der Waals surface area contributed by atoms with Crippen molar-refractivity contribution in [2.75, 3.05) is 6.26 Å². The first-order chi connectivity index (χ1) is 8.79. The van der Waals surface area contributed by atoms with Gasteiger partial charge in [0.25, 0.3) is 0 Å². The van der Waals surface area contributed by atoms with Crippen LogP contribution in [0.15, 0.2) is 34.2 Å². The van der Waals surface area contributed by atoms with Gasteiger partial charge in [-0.15, -0.1) is 0 Å². The van der Waals surface area contributed by atoms with Crippen LogP contribution in [0.1, 0.15) is 19.1 Å². The molecule has 2 rings (SSSR count). The SMILES string of the molecule is C.CS(=O)(=O)c1ccc([C@H]2OC(C(Cl)Cl)=N[C@@H]2O)cc1. The summed E-state index contributed by atoms with van der Waals surface area (Å²) in [7, 11) is -3.26. The molecule has 0 aromatic heterocycles. The van der Waals surface area contributed by atoms with Crippen molar-refractivity contribution in [1.29, 1.82) is 0 Å². The summed E-state index contributed by atoms with van der Waals surface area (Å²) in [6.07, 6.45) is -0.724. The first kappa shape index (κ1) is 17.2. The van der Waals surface area contributed by atoms with Crippen LogP contribution in [0.4, 0.5) is 0 Å². The van der Waals surface area contributed by atoms with Gasteiger partial charge in [-0.2, -0.15) is 0 Å². The third-order valence-corrected chi connectivity index (χ3v) is 4.10. The average Bonchev–Trinajstić information content (AvgIpc) is 2.70. The molecular weight excluding hydrogens is 325 g/mol. The minimum Gasteiger partial charge on any atom is -0.466 e. The number of aliphatic imine (C=N–C) groups is 1. The van der Waals surface area contributed by atoms with Gasteiger partial charge < -0.3 is 9.84 Å². The number of ether oxygens (including phenoxy) is 1. The second-order valence-electron chi connectivity index (χ2n) is 4.06. The van der Waals surface area contributed by atoms with Crippen LogP contribution in [-0.2, 0) is 14.6 Å². The fourth-order valence-electron chi connectivity index (χ4n) is 1.67. The van der Waals surface area contributed by atoms with Gasteiger partial charge in [-0.25, -0.2) is 13.4 Å². The molecule has 8 heteroatoms. The number of nitrogens with zero attached hydrogens (tertiary/aromatic N) is 1. The molecule has 1 heterocycles. The van der Waals surface area contributed by atoms with Gasteiger partial charge in [0.05, 0.1) is 4.90 Å². The van der Waals surface area contributed by atoms with E-state index in [1.807, 2.05) is 0 Å². The summed E-state index contributed by atoms with van der Waals surface area (Å²) in [5.41, 5.74) is 0.590. The second-order valence-corrected chi connectivity index (χ2v) is 7.17. The zero-order valence-electron chi connectivity index (χ0n) is 9.82. The van der Waals surface area contributed by atoms with Crippen LogP contribution in [0.2, 0.25) is 0 Å². The van der Waals surface area contributed by atoms with E-state index in [1.54, 1.807) is 12.1 Å². The lowest BCUT2D eigenvalue weighted by atomic mass is 10.1. The molecule has 1 aliphatic heterocycles. The van der Waals surface area contributed by atoms with E-state index in [0.717, 1.165) is 6.26 Å². The largest absolute Gasteiger partial charge is 0.466 e. The van der Waals surface area contributed by atoms with Gasteiger partial charge in [0.15, 0.2) is 27.0 Å². The number of hydrogen-bond donors (Lipinski definition) is 1. The van der Waals surface area contributed by atoms with E-state index in [4.69, 9.17) is 27.9 Å². The van der Waals surface area contributed by atoms with E-state index < -0.39 is 27.0 Å². The Morgan fingerprint density at radius 1 is 1.30 bits per heavy atom. The van der Waals surface area contributed by atoms with Gasteiger partial charge in [0, 0.05) is 6.26 Å². The molecule has 0 unspecified atom stereocenters. The smallest absolute Gasteiger partial charge is 0.221 e. The van der Waals surface area contributed by atoms with Crippen molar-refractivity contribution in [3.63, 3.8) is 0 Å². The van der Waals surface area contributed by atoms with Crippen LogP contribution in [0.3, 0.4) is 0 Å². The summed E-state index contributed by atoms with van der Waals surface area (Å²) >= 11 is 11.2. The number of hydrogen-bond acceptors (Lipinski definition) is 5. The zero-order valence-corrected chi connectivity index (χ0v) is 12.2. The molecule has 0 spiro atoms. The average molecular weight is 340 g/mol. The van der Waals surface area contributed by atoms with Crippen molar-refractivity contribution in [3.8, 4) is 0 Å². The quantitative estimate of drug-likeness (QED) is 0.857. The Kier molecular flexibility index (Phi) is 5.43. The van der Waals surface area contributed by atoms with Crippen LogP contribution in [0.5, 0.6) is 0 Å². The van der Waals surface area contributed by atoms with Crippen molar-refractivity contribution in [1.82, 2.24) is 0 Å². The van der Waals surface area contributed by atoms with Gasteiger partial charge >= 0.3 is 0 Å². The molecule has 0 fully saturated rings. The lowest BCUT2D eigenvalue weighted by molar-refractivity contribution is 0.0636. The van der Waals surface area contributed by atoms with Gasteiger partial charge in [-0.3, -0.25) is 0 Å². The van der Waals surface area contributed by atoms with Crippen molar-refractivity contribution in [2.24, 2.45) is 4.99 Å². The van der Waals surface area contributed by atoms with E-state index in [0.29, 0.717) is 5.56 Å². The van der Waals surface area contributed by atoms with Crippen molar-refractivity contribution in [3.05, 3.63) is 29.8 Å². The minimum absolute atomic E-state index is 0. The number of alkyl halides is 2. The maximum Gasteiger partial charge on any atom is 0.221 e. The lowest BCUT2D eigenvalue weighted by Gasteiger charge is -2.14. The summed E-state index contributed by atoms with van der Waals surface area (Å²) in [6, 6.07) is 6.00. The Morgan fingerprint density at radius 2 is 1.85 bits per heavy atom. The summed E-state index contributed by atoms with van der Waals surface area (Å²) in [6.45, 7) is 0. The molecule has 2 atom stereocenters. The maximum absolute atomic E-state index is 11.3. The van der Waals surface area contributed by atoms with E-state index >= 15 is 0 Å².